The first-order valence-corrected chi connectivity index (χ1v) is 11.3. The highest BCUT2D eigenvalue weighted by atomic mass is 16.6. The van der Waals surface area contributed by atoms with Gasteiger partial charge in [-0.1, -0.05) is 25.5 Å². The molecule has 7 nitrogen and oxygen atoms in total. The highest BCUT2D eigenvalue weighted by Gasteiger charge is 2.70. The Labute approximate surface area is 187 Å². The number of allylic oxidation sites excluding steroid dienone is 4. The number of carbonyl (C=O) groups is 5. The first-order chi connectivity index (χ1) is 14.9. The van der Waals surface area contributed by atoms with Crippen LogP contribution in [-0.2, 0) is 33.4 Å². The van der Waals surface area contributed by atoms with Crippen LogP contribution in [0.4, 0.5) is 0 Å². The van der Waals surface area contributed by atoms with Gasteiger partial charge < -0.3 is 9.47 Å². The van der Waals surface area contributed by atoms with Gasteiger partial charge in [-0.3, -0.25) is 24.0 Å². The van der Waals surface area contributed by atoms with Crippen molar-refractivity contribution in [3.05, 3.63) is 23.8 Å². The maximum atomic E-state index is 13.7. The summed E-state index contributed by atoms with van der Waals surface area (Å²) < 4.78 is 10.7. The molecular weight excluding hydrogens is 412 g/mol. The van der Waals surface area contributed by atoms with Gasteiger partial charge in [-0.2, -0.15) is 0 Å². The summed E-state index contributed by atoms with van der Waals surface area (Å²) in [6.07, 6.45) is 7.60. The van der Waals surface area contributed by atoms with Gasteiger partial charge in [0.15, 0.2) is 18.0 Å². The predicted molar refractivity (Wildman–Crippen MR) is 113 cm³/mol. The molecule has 0 saturated heterocycles. The quantitative estimate of drug-likeness (QED) is 0.617. The van der Waals surface area contributed by atoms with E-state index in [1.807, 2.05) is 19.9 Å². The number of ether oxygens (including phenoxy) is 2. The molecule has 0 aliphatic heterocycles. The molecule has 6 unspecified atom stereocenters. The second-order valence-electron chi connectivity index (χ2n) is 10.2. The Morgan fingerprint density at radius 2 is 1.81 bits per heavy atom. The summed E-state index contributed by atoms with van der Waals surface area (Å²) in [5, 5.41) is 0. The first kappa shape index (κ1) is 22.6. The van der Waals surface area contributed by atoms with Gasteiger partial charge in [-0.15, -0.1) is 0 Å². The third-order valence-electron chi connectivity index (χ3n) is 8.55. The second-order valence-corrected chi connectivity index (χ2v) is 10.2. The summed E-state index contributed by atoms with van der Waals surface area (Å²) in [4.78, 5) is 62.4. The Balaban J connectivity index is 1.74. The molecular formula is C25H30O7. The van der Waals surface area contributed by atoms with Crippen LogP contribution in [0.3, 0.4) is 0 Å². The van der Waals surface area contributed by atoms with Crippen LogP contribution in [0.15, 0.2) is 23.8 Å². The van der Waals surface area contributed by atoms with Crippen molar-refractivity contribution in [2.24, 2.45) is 28.6 Å². The predicted octanol–water partition coefficient (Wildman–Crippen LogP) is 2.91. The number of ketones is 3. The van der Waals surface area contributed by atoms with Gasteiger partial charge in [0.2, 0.25) is 5.78 Å². The molecule has 0 N–H and O–H groups in total. The van der Waals surface area contributed by atoms with Crippen molar-refractivity contribution in [1.29, 1.82) is 0 Å². The molecule has 7 heteroatoms. The summed E-state index contributed by atoms with van der Waals surface area (Å²) in [7, 11) is 0. The molecule has 6 atom stereocenters. The van der Waals surface area contributed by atoms with E-state index >= 15 is 0 Å². The molecule has 32 heavy (non-hydrogen) atoms. The average molecular weight is 443 g/mol. The number of fused-ring (bicyclic) bond motifs is 5. The molecule has 0 aromatic carbocycles. The lowest BCUT2D eigenvalue weighted by Crippen LogP contribution is -2.62. The monoisotopic (exact) mass is 442 g/mol. The van der Waals surface area contributed by atoms with Gasteiger partial charge in [0.1, 0.15) is 5.78 Å². The summed E-state index contributed by atoms with van der Waals surface area (Å²) in [5.41, 5.74) is -1.88. The zero-order valence-corrected chi connectivity index (χ0v) is 19.1. The van der Waals surface area contributed by atoms with E-state index in [1.165, 1.54) is 13.8 Å². The van der Waals surface area contributed by atoms with Gasteiger partial charge in [-0.25, -0.2) is 0 Å². The van der Waals surface area contributed by atoms with Crippen LogP contribution in [0.2, 0.25) is 0 Å². The maximum absolute atomic E-state index is 13.7. The number of esters is 2. The van der Waals surface area contributed by atoms with E-state index in [-0.39, 0.29) is 35.7 Å². The highest BCUT2D eigenvalue weighted by molar-refractivity contribution is 6.02. The fourth-order valence-electron chi connectivity index (χ4n) is 7.23. The molecule has 4 rings (SSSR count). The van der Waals surface area contributed by atoms with E-state index < -0.39 is 40.8 Å². The highest BCUT2D eigenvalue weighted by Crippen LogP contribution is 2.66. The number of rotatable bonds is 4. The van der Waals surface area contributed by atoms with Crippen LogP contribution in [0.1, 0.15) is 59.8 Å². The Hall–Kier alpha value is -2.57. The third-order valence-corrected chi connectivity index (χ3v) is 8.55. The lowest BCUT2D eigenvalue weighted by atomic mass is 9.46. The van der Waals surface area contributed by atoms with Crippen LogP contribution in [0.5, 0.6) is 0 Å². The third kappa shape index (κ3) is 3.11. The van der Waals surface area contributed by atoms with Crippen molar-refractivity contribution in [1.82, 2.24) is 0 Å². The second kappa shape index (κ2) is 7.49. The lowest BCUT2D eigenvalue weighted by Gasteiger charge is -2.57. The van der Waals surface area contributed by atoms with Gasteiger partial charge in [0.05, 0.1) is 0 Å². The normalized spacial score (nSPS) is 40.0. The van der Waals surface area contributed by atoms with Crippen molar-refractivity contribution < 1.29 is 33.4 Å². The maximum Gasteiger partial charge on any atom is 0.303 e. The molecule has 0 spiro atoms. The van der Waals surface area contributed by atoms with Crippen molar-refractivity contribution in [2.45, 2.75) is 65.4 Å². The standard InChI is InChI=1S/C25H30O7/c1-14(26)31-13-21(30)25(32-15(2)27)10-8-19-18-6-5-16-11-17(28)7-9-23(16,3)22(18)20(29)12-24(19,25)4/h7,9,11,18-19,22H,5-6,8,10,12-13H2,1-4H3. The van der Waals surface area contributed by atoms with Crippen LogP contribution in [-0.4, -0.2) is 41.5 Å². The van der Waals surface area contributed by atoms with Crippen molar-refractivity contribution in [3.8, 4) is 0 Å². The van der Waals surface area contributed by atoms with Crippen LogP contribution < -0.4 is 0 Å². The number of hydrogen-bond donors (Lipinski definition) is 0. The lowest BCUT2D eigenvalue weighted by molar-refractivity contribution is -0.191. The Morgan fingerprint density at radius 1 is 1.09 bits per heavy atom. The molecule has 4 aliphatic rings. The summed E-state index contributed by atoms with van der Waals surface area (Å²) in [6, 6.07) is 0. The Bertz CT molecular complexity index is 975. The van der Waals surface area contributed by atoms with Crippen LogP contribution in [0, 0.1) is 28.6 Å². The van der Waals surface area contributed by atoms with E-state index in [0.29, 0.717) is 12.8 Å². The topological polar surface area (TPSA) is 104 Å². The fraction of sp³-hybridized carbons (Fsp3) is 0.640. The zero-order chi connectivity index (χ0) is 23.5. The largest absolute Gasteiger partial charge is 0.458 e. The van der Waals surface area contributed by atoms with E-state index in [4.69, 9.17) is 9.47 Å². The molecule has 0 heterocycles. The van der Waals surface area contributed by atoms with Gasteiger partial charge >= 0.3 is 11.9 Å². The van der Waals surface area contributed by atoms with E-state index in [1.54, 1.807) is 12.2 Å². The van der Waals surface area contributed by atoms with E-state index in [0.717, 1.165) is 18.4 Å². The average Bonchev–Trinajstić information content (AvgIpc) is 2.98. The Kier molecular flexibility index (Phi) is 5.30. The van der Waals surface area contributed by atoms with Crippen molar-refractivity contribution in [2.75, 3.05) is 6.61 Å². The van der Waals surface area contributed by atoms with Crippen LogP contribution in [0.25, 0.3) is 0 Å². The molecule has 3 saturated carbocycles. The van der Waals surface area contributed by atoms with Gasteiger partial charge in [0, 0.05) is 37.0 Å². The van der Waals surface area contributed by atoms with Gasteiger partial charge in [-0.05, 0) is 49.7 Å². The minimum Gasteiger partial charge on any atom is -0.458 e. The summed E-state index contributed by atoms with van der Waals surface area (Å²) in [6.45, 7) is 5.90. The fourth-order valence-corrected chi connectivity index (χ4v) is 7.23. The SMILES string of the molecule is CC(=O)OCC(=O)C1(OC(C)=O)CCC2C3CCC4=CC(=O)C=CC4(C)C3C(=O)CC21C. The Morgan fingerprint density at radius 3 is 2.47 bits per heavy atom. The molecule has 0 radical (unpaired) electrons. The minimum absolute atomic E-state index is 0.00442. The van der Waals surface area contributed by atoms with Crippen molar-refractivity contribution >= 4 is 29.3 Å². The minimum atomic E-state index is -1.49. The van der Waals surface area contributed by atoms with E-state index in [9.17, 15) is 24.0 Å². The molecule has 0 aromatic rings. The number of hydrogen-bond acceptors (Lipinski definition) is 7. The summed E-state index contributed by atoms with van der Waals surface area (Å²) in [5.74, 6) is -1.93. The first-order valence-electron chi connectivity index (χ1n) is 11.3. The zero-order valence-electron chi connectivity index (χ0n) is 19.1. The van der Waals surface area contributed by atoms with Gasteiger partial charge in [0.25, 0.3) is 0 Å². The van der Waals surface area contributed by atoms with Crippen LogP contribution >= 0.6 is 0 Å². The molecule has 0 amide bonds. The molecule has 4 aliphatic carbocycles. The molecule has 0 bridgehead atoms. The number of carbonyl (C=O) groups excluding carboxylic acids is 5. The molecule has 0 aromatic heterocycles. The van der Waals surface area contributed by atoms with Crippen molar-refractivity contribution in [3.63, 3.8) is 0 Å². The van der Waals surface area contributed by atoms with E-state index in [2.05, 4.69) is 0 Å². The molecule has 3 fully saturated rings. The molecule has 172 valence electrons. The summed E-state index contributed by atoms with van der Waals surface area (Å²) >= 11 is 0. The smallest absolute Gasteiger partial charge is 0.303 e. The number of Topliss-reactive ketones (excluding diaryl/α,β-unsaturated/α-hetero) is 2.